The number of amides is 2. The van der Waals surface area contributed by atoms with E-state index in [4.69, 9.17) is 0 Å². The van der Waals surface area contributed by atoms with Crippen molar-refractivity contribution in [1.82, 2.24) is 5.32 Å². The zero-order chi connectivity index (χ0) is 21.4. The molecule has 5 rings (SSSR count). The predicted molar refractivity (Wildman–Crippen MR) is 123 cm³/mol. The molecule has 0 radical (unpaired) electrons. The SMILES string of the molecule is Cc1ccccc1[C@H](NC(=O)CN1C(=O)c2cccc3cccc1c23)c1ccccc1. The van der Waals surface area contributed by atoms with Crippen LogP contribution in [0.2, 0.25) is 0 Å². The lowest BCUT2D eigenvalue weighted by atomic mass is 9.95. The van der Waals surface area contributed by atoms with Gasteiger partial charge in [-0.15, -0.1) is 0 Å². The van der Waals surface area contributed by atoms with Crippen LogP contribution in [0.5, 0.6) is 0 Å². The van der Waals surface area contributed by atoms with Crippen LogP contribution in [0.25, 0.3) is 10.8 Å². The minimum absolute atomic E-state index is 0.0260. The number of benzene rings is 4. The fraction of sp³-hybridized carbons (Fsp3) is 0.111. The molecule has 4 heteroatoms. The summed E-state index contributed by atoms with van der Waals surface area (Å²) in [6, 6.07) is 29.2. The molecule has 0 fully saturated rings. The molecule has 4 nitrogen and oxygen atoms in total. The van der Waals surface area contributed by atoms with Gasteiger partial charge in [-0.1, -0.05) is 78.9 Å². The van der Waals surface area contributed by atoms with Crippen molar-refractivity contribution in [3.63, 3.8) is 0 Å². The molecule has 1 N–H and O–H groups in total. The van der Waals surface area contributed by atoms with E-state index in [0.29, 0.717) is 5.56 Å². The lowest BCUT2D eigenvalue weighted by Crippen LogP contribution is -2.40. The predicted octanol–water partition coefficient (Wildman–Crippen LogP) is 5.01. The highest BCUT2D eigenvalue weighted by atomic mass is 16.2. The molecular weight excluding hydrogens is 384 g/mol. The molecule has 152 valence electrons. The summed E-state index contributed by atoms with van der Waals surface area (Å²) in [7, 11) is 0. The molecule has 2 amide bonds. The number of rotatable bonds is 5. The van der Waals surface area contributed by atoms with Gasteiger partial charge in [-0.3, -0.25) is 14.5 Å². The lowest BCUT2D eigenvalue weighted by Gasteiger charge is -2.24. The number of aryl methyl sites for hydroxylation is 1. The lowest BCUT2D eigenvalue weighted by molar-refractivity contribution is -0.120. The van der Waals surface area contributed by atoms with Gasteiger partial charge < -0.3 is 5.32 Å². The van der Waals surface area contributed by atoms with Crippen LogP contribution < -0.4 is 10.2 Å². The summed E-state index contributed by atoms with van der Waals surface area (Å²) in [6.07, 6.45) is 0. The standard InChI is InChI=1S/C27H22N2O2/c1-18-9-5-6-14-21(18)26(20-10-3-2-4-11-20)28-24(30)17-29-23-16-8-13-19-12-7-15-22(25(19)23)27(29)31/h2-16,26H,17H2,1H3,(H,28,30)/t26-/m1/s1. The second-order valence-corrected chi connectivity index (χ2v) is 7.84. The van der Waals surface area contributed by atoms with E-state index in [2.05, 4.69) is 5.32 Å². The largest absolute Gasteiger partial charge is 0.344 e. The van der Waals surface area contributed by atoms with Crippen LogP contribution in [-0.4, -0.2) is 18.4 Å². The van der Waals surface area contributed by atoms with Crippen molar-refractivity contribution in [1.29, 1.82) is 0 Å². The average molecular weight is 406 g/mol. The highest BCUT2D eigenvalue weighted by Gasteiger charge is 2.31. The van der Waals surface area contributed by atoms with Gasteiger partial charge in [-0.2, -0.15) is 0 Å². The minimum atomic E-state index is -0.286. The Morgan fingerprint density at radius 1 is 0.871 bits per heavy atom. The van der Waals surface area contributed by atoms with Gasteiger partial charge in [-0.05, 0) is 41.1 Å². The summed E-state index contributed by atoms with van der Waals surface area (Å²) >= 11 is 0. The summed E-state index contributed by atoms with van der Waals surface area (Å²) < 4.78 is 0. The van der Waals surface area contributed by atoms with Gasteiger partial charge in [0.1, 0.15) is 6.54 Å². The van der Waals surface area contributed by atoms with Crippen molar-refractivity contribution in [2.24, 2.45) is 0 Å². The maximum Gasteiger partial charge on any atom is 0.259 e. The number of carbonyl (C=O) groups is 2. The maximum absolute atomic E-state index is 13.2. The molecule has 0 spiro atoms. The first kappa shape index (κ1) is 19.1. The number of hydrogen-bond acceptors (Lipinski definition) is 2. The maximum atomic E-state index is 13.2. The molecule has 1 atom stereocenters. The van der Waals surface area contributed by atoms with Crippen molar-refractivity contribution in [3.05, 3.63) is 113 Å². The molecule has 0 bridgehead atoms. The number of carbonyl (C=O) groups excluding carboxylic acids is 2. The second kappa shape index (κ2) is 7.73. The zero-order valence-electron chi connectivity index (χ0n) is 17.2. The van der Waals surface area contributed by atoms with E-state index in [0.717, 1.165) is 33.2 Å². The van der Waals surface area contributed by atoms with Crippen molar-refractivity contribution in [2.75, 3.05) is 11.4 Å². The molecule has 1 aliphatic rings. The minimum Gasteiger partial charge on any atom is -0.344 e. The smallest absolute Gasteiger partial charge is 0.259 e. The van der Waals surface area contributed by atoms with Crippen LogP contribution in [0.1, 0.15) is 33.1 Å². The van der Waals surface area contributed by atoms with Crippen LogP contribution in [0.15, 0.2) is 91.0 Å². The molecule has 31 heavy (non-hydrogen) atoms. The fourth-order valence-corrected chi connectivity index (χ4v) is 4.38. The Labute approximate surface area is 181 Å². The van der Waals surface area contributed by atoms with Crippen molar-refractivity contribution in [2.45, 2.75) is 13.0 Å². The number of nitrogens with zero attached hydrogens (tertiary/aromatic N) is 1. The molecule has 0 saturated carbocycles. The third-order valence-electron chi connectivity index (χ3n) is 5.89. The van der Waals surface area contributed by atoms with Gasteiger partial charge >= 0.3 is 0 Å². The molecule has 0 unspecified atom stereocenters. The Hall–Kier alpha value is -3.92. The Bertz CT molecular complexity index is 1290. The van der Waals surface area contributed by atoms with Crippen LogP contribution in [0.4, 0.5) is 5.69 Å². The van der Waals surface area contributed by atoms with E-state index in [1.807, 2.05) is 97.9 Å². The van der Waals surface area contributed by atoms with Gasteiger partial charge in [0, 0.05) is 10.9 Å². The molecule has 0 aromatic heterocycles. The van der Waals surface area contributed by atoms with Gasteiger partial charge in [0.2, 0.25) is 5.91 Å². The fourth-order valence-electron chi connectivity index (χ4n) is 4.38. The van der Waals surface area contributed by atoms with Crippen LogP contribution in [0, 0.1) is 6.92 Å². The van der Waals surface area contributed by atoms with Crippen LogP contribution in [0.3, 0.4) is 0 Å². The first-order valence-electron chi connectivity index (χ1n) is 10.4. The Morgan fingerprint density at radius 2 is 1.58 bits per heavy atom. The quantitative estimate of drug-likeness (QED) is 0.506. The molecule has 1 heterocycles. The van der Waals surface area contributed by atoms with Gasteiger partial charge in [0.05, 0.1) is 11.7 Å². The molecule has 1 aliphatic heterocycles. The summed E-state index contributed by atoms with van der Waals surface area (Å²) in [4.78, 5) is 27.8. The zero-order valence-corrected chi connectivity index (χ0v) is 17.2. The van der Waals surface area contributed by atoms with Crippen molar-refractivity contribution < 1.29 is 9.59 Å². The summed E-state index contributed by atoms with van der Waals surface area (Å²) in [6.45, 7) is 2.01. The highest BCUT2D eigenvalue weighted by molar-refractivity contribution is 6.26. The number of anilines is 1. The van der Waals surface area contributed by atoms with E-state index >= 15 is 0 Å². The van der Waals surface area contributed by atoms with E-state index in [-0.39, 0.29) is 24.4 Å². The molecule has 4 aromatic carbocycles. The van der Waals surface area contributed by atoms with Gasteiger partial charge in [-0.25, -0.2) is 0 Å². The average Bonchev–Trinajstić information content (AvgIpc) is 3.07. The Balaban J connectivity index is 1.45. The van der Waals surface area contributed by atoms with Crippen molar-refractivity contribution >= 4 is 28.3 Å². The number of hydrogen-bond donors (Lipinski definition) is 1. The highest BCUT2D eigenvalue weighted by Crippen LogP contribution is 2.37. The number of nitrogens with one attached hydrogen (secondary N) is 1. The second-order valence-electron chi connectivity index (χ2n) is 7.84. The monoisotopic (exact) mass is 406 g/mol. The van der Waals surface area contributed by atoms with Gasteiger partial charge in [0.15, 0.2) is 0 Å². The van der Waals surface area contributed by atoms with E-state index in [9.17, 15) is 9.59 Å². The molecule has 4 aromatic rings. The van der Waals surface area contributed by atoms with E-state index in [1.54, 1.807) is 4.90 Å². The molecule has 0 saturated heterocycles. The third kappa shape index (κ3) is 3.36. The normalized spacial score (nSPS) is 13.5. The molecular formula is C27H22N2O2. The van der Waals surface area contributed by atoms with E-state index < -0.39 is 0 Å². The Morgan fingerprint density at radius 3 is 2.35 bits per heavy atom. The molecule has 0 aliphatic carbocycles. The van der Waals surface area contributed by atoms with E-state index in [1.165, 1.54) is 0 Å². The summed E-state index contributed by atoms with van der Waals surface area (Å²) in [5, 5.41) is 5.09. The summed E-state index contributed by atoms with van der Waals surface area (Å²) in [5.41, 5.74) is 4.59. The first-order chi connectivity index (χ1) is 15.1. The Kier molecular flexibility index (Phi) is 4.75. The third-order valence-corrected chi connectivity index (χ3v) is 5.89. The summed E-state index contributed by atoms with van der Waals surface area (Å²) in [5.74, 6) is -0.329. The van der Waals surface area contributed by atoms with Crippen LogP contribution in [-0.2, 0) is 4.79 Å². The van der Waals surface area contributed by atoms with Gasteiger partial charge in [0.25, 0.3) is 5.91 Å². The first-order valence-corrected chi connectivity index (χ1v) is 10.4. The van der Waals surface area contributed by atoms with Crippen molar-refractivity contribution in [3.8, 4) is 0 Å². The topological polar surface area (TPSA) is 49.4 Å². The van der Waals surface area contributed by atoms with Crippen LogP contribution >= 0.6 is 0 Å².